The van der Waals surface area contributed by atoms with E-state index in [0.717, 1.165) is 33.0 Å². The maximum atomic E-state index is 10.4. The first-order chi connectivity index (χ1) is 46.9. The van der Waals surface area contributed by atoms with Gasteiger partial charge in [-0.25, -0.2) is 4.98 Å². The van der Waals surface area contributed by atoms with Crippen molar-refractivity contribution in [1.82, 2.24) is 14.1 Å². The van der Waals surface area contributed by atoms with Crippen LogP contribution in [0.4, 0.5) is 0 Å². The fourth-order valence-corrected chi connectivity index (χ4v) is 10.6. The quantitative estimate of drug-likeness (QED) is 0.112. The smallest absolute Gasteiger partial charge is 0.268 e. The zero-order valence-electron chi connectivity index (χ0n) is 68.4. The summed E-state index contributed by atoms with van der Waals surface area (Å²) in [7, 11) is 0. The first kappa shape index (κ1) is 34.8. The van der Waals surface area contributed by atoms with Crippen molar-refractivity contribution in [3.63, 3.8) is 0 Å². The van der Waals surface area contributed by atoms with Gasteiger partial charge in [0.1, 0.15) is 5.82 Å². The van der Waals surface area contributed by atoms with Crippen molar-refractivity contribution >= 4 is 32.8 Å². The van der Waals surface area contributed by atoms with E-state index in [2.05, 4.69) is 45.3 Å². The van der Waals surface area contributed by atoms with Crippen molar-refractivity contribution in [3.8, 4) is 62.1 Å². The molecule has 0 aliphatic heterocycles. The number of para-hydroxylation sites is 4. The number of nitrogens with zero attached hydrogens (tertiary/aromatic N) is 4. The first-order valence-corrected chi connectivity index (χ1v) is 26.6. The zero-order valence-corrected chi connectivity index (χ0v) is 48.7. The third-order valence-electron chi connectivity index (χ3n) is 15.0. The summed E-state index contributed by atoms with van der Waals surface area (Å²) >= 11 is 0. The molecule has 1 aliphatic carbocycles. The van der Waals surface area contributed by atoms with Crippen LogP contribution in [0.3, 0.4) is 0 Å². The second-order valence-corrected chi connectivity index (χ2v) is 23.9. The molecule has 6 heteroatoms. The van der Waals surface area contributed by atoms with E-state index in [1.54, 1.807) is 82.1 Å². The van der Waals surface area contributed by atoms with Gasteiger partial charge < -0.3 is 13.9 Å². The summed E-state index contributed by atoms with van der Waals surface area (Å²) in [5, 5.41) is 1.61. The summed E-state index contributed by atoms with van der Waals surface area (Å²) in [4.78, 5) is 4.93. The predicted molar refractivity (Wildman–Crippen MR) is 332 cm³/mol. The van der Waals surface area contributed by atoms with Gasteiger partial charge in [-0.05, 0) is 131 Å². The third kappa shape index (κ3) is 10.2. The number of ether oxygens (including phenoxy) is 1. The van der Waals surface area contributed by atoms with Gasteiger partial charge in [-0.15, -0.1) is 29.7 Å². The van der Waals surface area contributed by atoms with Crippen molar-refractivity contribution in [2.45, 2.75) is 136 Å². The molecule has 0 atom stereocenters. The number of aryl methyl sites for hydroxylation is 1. The number of pyridine rings is 1. The largest absolute Gasteiger partial charge is 0.510 e. The maximum Gasteiger partial charge on any atom is 0.268 e. The van der Waals surface area contributed by atoms with Crippen LogP contribution in [0.25, 0.3) is 83.4 Å². The number of aromatic nitrogens is 4. The fourth-order valence-electron chi connectivity index (χ4n) is 10.6. The van der Waals surface area contributed by atoms with Crippen molar-refractivity contribution in [2.24, 2.45) is 0 Å². The maximum absolute atomic E-state index is 10.4. The molecule has 3 aromatic heterocycles. The number of hydrogen-bond acceptors (Lipinski definition) is 2. The normalized spacial score (nSPS) is 20.3. The Morgan fingerprint density at radius 1 is 0.593 bits per heavy atom. The minimum atomic E-state index is -4.54. The topological polar surface area (TPSA) is 35.9 Å². The van der Waals surface area contributed by atoms with E-state index in [1.807, 2.05) is 113 Å². The molecule has 81 heavy (non-hydrogen) atoms. The molecule has 0 bridgehead atoms. The van der Waals surface area contributed by atoms with Crippen LogP contribution in [-0.2, 0) is 48.1 Å². The third-order valence-corrected chi connectivity index (χ3v) is 15.0. The molecule has 1 aliphatic rings. The predicted octanol–water partition coefficient (Wildman–Crippen LogP) is 19.1. The van der Waals surface area contributed by atoms with Crippen LogP contribution in [0.2, 0.25) is 0 Å². The van der Waals surface area contributed by atoms with E-state index in [1.165, 1.54) is 6.07 Å². The van der Waals surface area contributed by atoms with Crippen molar-refractivity contribution in [1.29, 1.82) is 0 Å². The van der Waals surface area contributed by atoms with Crippen molar-refractivity contribution in [2.75, 3.05) is 0 Å². The van der Waals surface area contributed by atoms with Gasteiger partial charge in [-0.2, -0.15) is 18.2 Å². The Morgan fingerprint density at radius 3 is 1.95 bits per heavy atom. The molecule has 5 nitrogen and oxygen atoms in total. The molecule has 8 aromatic carbocycles. The Bertz CT molecular complexity index is 5150. The van der Waals surface area contributed by atoms with Crippen LogP contribution >= 0.6 is 0 Å². The number of benzene rings is 8. The first-order valence-electron chi connectivity index (χ1n) is 37.6. The monoisotopic (exact) mass is 1260 g/mol. The molecule has 11 aromatic rings. The van der Waals surface area contributed by atoms with Crippen molar-refractivity contribution in [3.05, 3.63) is 222 Å². The summed E-state index contributed by atoms with van der Waals surface area (Å²) in [5.74, 6) is 0.763. The molecule has 0 N–H and O–H groups in total. The molecule has 0 radical (unpaired) electrons. The SMILES string of the molecule is [2H]c1c([2H])c2c(c([2H])c1-c1cccc(-c3cc(C(C)(C)C)cc(C(C)(C)C)c3)c1-[n+]1[c-]n(-c3[c-]c(Oc4[c-]c5c(cc4)c4ccccc4n5-c4cc(C([2H])([2H])[2H])c(-c5cccc(C(C)(C)C)c5)cn4)ccc3)c3ccccc31)C(C([2H])([2H])[2H])(C([2H])([2H])[2H])C([2H])([2H])C([2H])([2H])C2(C([2H])([2H])[2H])C([2H])([2H])[2H].[Pt]. The van der Waals surface area contributed by atoms with Crippen LogP contribution < -0.4 is 9.30 Å². The standard InChI is InChI=1S/C75H74N4O.Pt/c1-48-38-69(76-46-62(48)49-22-19-23-52(39-49)71(2,3)4)79-65-29-16-15-26-60(65)61-34-33-57(45-68(61)79)80-56-25-20-24-55(44-56)77-47-78(67-31-18-17-30-66(67)77)70-58(50-32-35-63-64(42-50)75(13,14)37-36-74(63,11)12)27-21-28-59(70)51-40-53(72(5,6)7)43-54(41-51)73(8,9)10;/h15-35,38-43,46H,36-37H2,1-14H3;/q-2;/i1D3,11D3,12D3,13D3,14D3,32D,35D,36D2,37D2,42D;. The van der Waals surface area contributed by atoms with E-state index >= 15 is 0 Å². The van der Waals surface area contributed by atoms with Gasteiger partial charge in [0.15, 0.2) is 0 Å². The molecular formula is C75H74N4OPt-2. The van der Waals surface area contributed by atoms with Crippen LogP contribution in [-0.4, -0.2) is 14.1 Å². The van der Waals surface area contributed by atoms with Crippen LogP contribution in [0.5, 0.6) is 11.5 Å². The van der Waals surface area contributed by atoms with Crippen LogP contribution in [0.1, 0.15) is 166 Å². The summed E-state index contributed by atoms with van der Waals surface area (Å²) in [6.07, 6.45) is -4.00. The zero-order chi connectivity index (χ0) is 75.0. The molecule has 0 fully saturated rings. The average molecular weight is 1260 g/mol. The molecule has 0 spiro atoms. The molecular weight excluding hydrogens is 1170 g/mol. The summed E-state index contributed by atoms with van der Waals surface area (Å²) in [6, 6.07) is 46.4. The van der Waals surface area contributed by atoms with Crippen molar-refractivity contribution < 1.29 is 60.5 Å². The van der Waals surface area contributed by atoms with E-state index < -0.39 is 103 Å². The van der Waals surface area contributed by atoms with Gasteiger partial charge in [0.05, 0.1) is 20.8 Å². The molecule has 0 amide bonds. The second kappa shape index (κ2) is 20.3. The molecule has 0 unspecified atom stereocenters. The minimum absolute atomic E-state index is 0. The van der Waals surface area contributed by atoms with E-state index in [4.69, 9.17) is 30.3 Å². The van der Waals surface area contributed by atoms with Crippen LogP contribution in [0.15, 0.2) is 170 Å². The minimum Gasteiger partial charge on any atom is -0.510 e. The van der Waals surface area contributed by atoms with Crippen LogP contribution in [0, 0.1) is 25.3 Å². The van der Waals surface area contributed by atoms with Gasteiger partial charge >= 0.3 is 0 Å². The van der Waals surface area contributed by atoms with E-state index in [9.17, 15) is 9.60 Å². The Balaban J connectivity index is 0.0000106. The molecule has 0 saturated carbocycles. The number of rotatable bonds is 8. The Kier molecular flexibility index (Phi) is 8.72. The molecule has 412 valence electrons. The molecule has 0 saturated heterocycles. The summed E-state index contributed by atoms with van der Waals surface area (Å²) < 4.78 is 214. The van der Waals surface area contributed by atoms with Gasteiger partial charge in [-0.3, -0.25) is 4.57 Å². The van der Waals surface area contributed by atoms with Gasteiger partial charge in [0, 0.05) is 75.9 Å². The van der Waals surface area contributed by atoms with E-state index in [-0.39, 0.29) is 54.8 Å². The van der Waals surface area contributed by atoms with Gasteiger partial charge in [-0.1, -0.05) is 216 Å². The van der Waals surface area contributed by atoms with Gasteiger partial charge in [0.2, 0.25) is 0 Å². The molecule has 3 heterocycles. The summed E-state index contributed by atoms with van der Waals surface area (Å²) in [5.41, 5.74) is -6.43. The number of imidazole rings is 1. The number of hydrogen-bond donors (Lipinski definition) is 0. The van der Waals surface area contributed by atoms with Gasteiger partial charge in [0.25, 0.3) is 6.33 Å². The fraction of sp³-hybridized carbons (Fsp3) is 0.280. The summed E-state index contributed by atoms with van der Waals surface area (Å²) in [6.45, 7) is -1.11. The Labute approximate surface area is 525 Å². The van der Waals surface area contributed by atoms with E-state index in [0.29, 0.717) is 50.3 Å². The molecule has 12 rings (SSSR count). The second-order valence-electron chi connectivity index (χ2n) is 23.9. The number of fused-ring (bicyclic) bond motifs is 5. The Morgan fingerprint density at radius 2 is 1.23 bits per heavy atom. The average Bonchev–Trinajstić information content (AvgIpc) is 1.08. The Hall–Kier alpha value is -7.33.